The molecule has 1 heterocycles. The summed E-state index contributed by atoms with van der Waals surface area (Å²) in [5.41, 5.74) is 0.499. The molecule has 1 atom stereocenters. The number of carbonyl (C=O) groups excluding carboxylic acids is 1. The Hall–Kier alpha value is -1.95. The summed E-state index contributed by atoms with van der Waals surface area (Å²) in [5.74, 6) is 1.79. The summed E-state index contributed by atoms with van der Waals surface area (Å²) < 4.78 is 15.9. The predicted molar refractivity (Wildman–Crippen MR) is 97.9 cm³/mol. The second kappa shape index (κ2) is 8.94. The fourth-order valence-corrected chi connectivity index (χ4v) is 3.37. The van der Waals surface area contributed by atoms with E-state index in [0.29, 0.717) is 41.3 Å². The zero-order chi connectivity index (χ0) is 18.4. The van der Waals surface area contributed by atoms with E-state index < -0.39 is 0 Å². The van der Waals surface area contributed by atoms with Crippen molar-refractivity contribution in [3.8, 4) is 17.2 Å². The van der Waals surface area contributed by atoms with Gasteiger partial charge in [-0.25, -0.2) is 0 Å². The second-order valence-electron chi connectivity index (χ2n) is 6.68. The van der Waals surface area contributed by atoms with E-state index in [2.05, 4.69) is 24.1 Å². The van der Waals surface area contributed by atoms with Crippen molar-refractivity contribution in [3.05, 3.63) is 17.7 Å². The number of hydrogen-bond acceptors (Lipinski definition) is 5. The van der Waals surface area contributed by atoms with Crippen LogP contribution in [0.5, 0.6) is 17.2 Å². The van der Waals surface area contributed by atoms with Crippen LogP contribution in [0.3, 0.4) is 0 Å². The standard InChI is InChI=1S/C19H30N2O4/c1-13(2)15(21-8-6-7-9-21)12-20-19(22)14-10-16(23-3)18(25-5)17(11-14)24-4/h10-11,13,15H,6-9,12H2,1-5H3,(H,20,22). The number of hydrogen-bond donors (Lipinski definition) is 1. The molecule has 1 aliphatic heterocycles. The van der Waals surface area contributed by atoms with Crippen molar-refractivity contribution < 1.29 is 19.0 Å². The van der Waals surface area contributed by atoms with E-state index in [9.17, 15) is 4.79 Å². The van der Waals surface area contributed by atoms with Gasteiger partial charge in [0.25, 0.3) is 5.91 Å². The van der Waals surface area contributed by atoms with Crippen LogP contribution in [0, 0.1) is 5.92 Å². The summed E-state index contributed by atoms with van der Waals surface area (Å²) in [6.45, 7) is 7.27. The average molecular weight is 350 g/mol. The lowest BCUT2D eigenvalue weighted by molar-refractivity contribution is 0.0926. The molecule has 1 N–H and O–H groups in total. The molecule has 1 unspecified atom stereocenters. The van der Waals surface area contributed by atoms with E-state index in [1.54, 1.807) is 33.5 Å². The number of ether oxygens (including phenoxy) is 3. The van der Waals surface area contributed by atoms with Crippen molar-refractivity contribution in [2.24, 2.45) is 5.92 Å². The maximum Gasteiger partial charge on any atom is 0.251 e. The number of likely N-dealkylation sites (tertiary alicyclic amines) is 1. The molecule has 1 fully saturated rings. The monoisotopic (exact) mass is 350 g/mol. The molecule has 0 radical (unpaired) electrons. The summed E-state index contributed by atoms with van der Waals surface area (Å²) in [6, 6.07) is 3.71. The third kappa shape index (κ3) is 4.57. The van der Waals surface area contributed by atoms with E-state index in [1.165, 1.54) is 12.8 Å². The van der Waals surface area contributed by atoms with Gasteiger partial charge in [-0.3, -0.25) is 9.69 Å². The molecule has 1 aliphatic rings. The Morgan fingerprint density at radius 2 is 1.64 bits per heavy atom. The van der Waals surface area contributed by atoms with Gasteiger partial charge >= 0.3 is 0 Å². The average Bonchev–Trinajstić information content (AvgIpc) is 3.14. The molecule has 0 saturated carbocycles. The van der Waals surface area contributed by atoms with Crippen LogP contribution in [0.15, 0.2) is 12.1 Å². The van der Waals surface area contributed by atoms with Gasteiger partial charge in [0.1, 0.15) is 0 Å². The fraction of sp³-hybridized carbons (Fsp3) is 0.632. The van der Waals surface area contributed by atoms with Crippen LogP contribution >= 0.6 is 0 Å². The van der Waals surface area contributed by atoms with Gasteiger partial charge in [-0.2, -0.15) is 0 Å². The van der Waals surface area contributed by atoms with Crippen molar-refractivity contribution in [3.63, 3.8) is 0 Å². The molecule has 1 aromatic carbocycles. The molecule has 6 heteroatoms. The Balaban J connectivity index is 2.11. The van der Waals surface area contributed by atoms with Crippen LogP contribution in [0.2, 0.25) is 0 Å². The lowest BCUT2D eigenvalue weighted by Crippen LogP contribution is -2.45. The Morgan fingerprint density at radius 3 is 2.08 bits per heavy atom. The van der Waals surface area contributed by atoms with E-state index in [0.717, 1.165) is 13.1 Å². The molecule has 2 rings (SSSR count). The van der Waals surface area contributed by atoms with Crippen molar-refractivity contribution in [1.82, 2.24) is 10.2 Å². The van der Waals surface area contributed by atoms with E-state index >= 15 is 0 Å². The summed E-state index contributed by atoms with van der Waals surface area (Å²) in [5, 5.41) is 3.06. The summed E-state index contributed by atoms with van der Waals surface area (Å²) in [6.07, 6.45) is 2.48. The highest BCUT2D eigenvalue weighted by Crippen LogP contribution is 2.38. The molecule has 25 heavy (non-hydrogen) atoms. The molecule has 140 valence electrons. The highest BCUT2D eigenvalue weighted by molar-refractivity contribution is 5.95. The van der Waals surface area contributed by atoms with Gasteiger partial charge in [-0.1, -0.05) is 13.8 Å². The van der Waals surface area contributed by atoms with Gasteiger partial charge in [0.2, 0.25) is 5.75 Å². The smallest absolute Gasteiger partial charge is 0.251 e. The van der Waals surface area contributed by atoms with Gasteiger partial charge in [0.05, 0.1) is 21.3 Å². The topological polar surface area (TPSA) is 60.0 Å². The van der Waals surface area contributed by atoms with Gasteiger partial charge < -0.3 is 19.5 Å². The van der Waals surface area contributed by atoms with E-state index in [4.69, 9.17) is 14.2 Å². The van der Waals surface area contributed by atoms with E-state index in [-0.39, 0.29) is 5.91 Å². The van der Waals surface area contributed by atoms with Crippen LogP contribution in [-0.2, 0) is 0 Å². The minimum absolute atomic E-state index is 0.135. The van der Waals surface area contributed by atoms with Crippen molar-refractivity contribution in [2.45, 2.75) is 32.7 Å². The number of methoxy groups -OCH3 is 3. The van der Waals surface area contributed by atoms with Crippen molar-refractivity contribution >= 4 is 5.91 Å². The van der Waals surface area contributed by atoms with Crippen LogP contribution in [0.1, 0.15) is 37.0 Å². The largest absolute Gasteiger partial charge is 0.493 e. The summed E-state index contributed by atoms with van der Waals surface area (Å²) in [7, 11) is 4.63. The van der Waals surface area contributed by atoms with Gasteiger partial charge in [0.15, 0.2) is 11.5 Å². The third-order valence-corrected chi connectivity index (χ3v) is 4.78. The molecule has 0 aliphatic carbocycles. The molecular weight excluding hydrogens is 320 g/mol. The zero-order valence-corrected chi connectivity index (χ0v) is 15.9. The minimum atomic E-state index is -0.135. The Bertz CT molecular complexity index is 558. The molecule has 1 aromatic rings. The van der Waals surface area contributed by atoms with Crippen LogP contribution < -0.4 is 19.5 Å². The zero-order valence-electron chi connectivity index (χ0n) is 15.9. The van der Waals surface area contributed by atoms with Crippen molar-refractivity contribution in [1.29, 1.82) is 0 Å². The predicted octanol–water partition coefficient (Wildman–Crippen LogP) is 2.56. The number of nitrogens with zero attached hydrogens (tertiary/aromatic N) is 1. The number of rotatable bonds is 8. The third-order valence-electron chi connectivity index (χ3n) is 4.78. The maximum absolute atomic E-state index is 12.6. The highest BCUT2D eigenvalue weighted by Gasteiger charge is 2.25. The van der Waals surface area contributed by atoms with Crippen LogP contribution in [0.25, 0.3) is 0 Å². The number of amides is 1. The fourth-order valence-electron chi connectivity index (χ4n) is 3.37. The SMILES string of the molecule is COc1cc(C(=O)NCC(C(C)C)N2CCCC2)cc(OC)c1OC. The maximum atomic E-state index is 12.6. The van der Waals surface area contributed by atoms with Crippen molar-refractivity contribution in [2.75, 3.05) is 41.0 Å². The normalized spacial score (nSPS) is 15.9. The van der Waals surface area contributed by atoms with Crippen LogP contribution in [0.4, 0.5) is 0 Å². The molecule has 1 amide bonds. The first-order chi connectivity index (χ1) is 12.0. The molecular formula is C19H30N2O4. The Kier molecular flexibility index (Phi) is 6.93. The first-order valence-corrected chi connectivity index (χ1v) is 8.84. The number of carbonyl (C=O) groups is 1. The Morgan fingerprint density at radius 1 is 1.08 bits per heavy atom. The molecule has 0 spiro atoms. The van der Waals surface area contributed by atoms with Crippen LogP contribution in [-0.4, -0.2) is 57.8 Å². The Labute approximate surface area is 150 Å². The first-order valence-electron chi connectivity index (χ1n) is 8.84. The molecule has 0 bridgehead atoms. The lowest BCUT2D eigenvalue weighted by atomic mass is 10.0. The first kappa shape index (κ1) is 19.4. The molecule has 0 aromatic heterocycles. The van der Waals surface area contributed by atoms with Gasteiger partial charge in [0, 0.05) is 18.2 Å². The molecule has 1 saturated heterocycles. The minimum Gasteiger partial charge on any atom is -0.493 e. The quantitative estimate of drug-likeness (QED) is 0.781. The van der Waals surface area contributed by atoms with Gasteiger partial charge in [-0.05, 0) is 44.0 Å². The highest BCUT2D eigenvalue weighted by atomic mass is 16.5. The van der Waals surface area contributed by atoms with Gasteiger partial charge in [-0.15, -0.1) is 0 Å². The number of nitrogens with one attached hydrogen (secondary N) is 1. The van der Waals surface area contributed by atoms with E-state index in [1.807, 2.05) is 0 Å². The number of benzene rings is 1. The second-order valence-corrected chi connectivity index (χ2v) is 6.68. The molecule has 6 nitrogen and oxygen atoms in total. The summed E-state index contributed by atoms with van der Waals surface area (Å²) >= 11 is 0. The summed E-state index contributed by atoms with van der Waals surface area (Å²) in [4.78, 5) is 15.1. The lowest BCUT2D eigenvalue weighted by Gasteiger charge is -2.31.